The van der Waals surface area contributed by atoms with E-state index in [9.17, 15) is 14.5 Å². The molecule has 98 valence electrons. The Morgan fingerprint density at radius 3 is 2.53 bits per heavy atom. The van der Waals surface area contributed by atoms with E-state index in [4.69, 9.17) is 4.74 Å². The predicted octanol–water partition coefficient (Wildman–Crippen LogP) is 4.08. The second-order valence-electron chi connectivity index (χ2n) is 3.82. The number of ether oxygens (including phenoxy) is 1. The molecule has 0 atom stereocenters. The molecule has 2 aromatic carbocycles. The molecule has 0 heterocycles. The van der Waals surface area contributed by atoms with E-state index in [1.807, 2.05) is 24.3 Å². The number of rotatable bonds is 4. The number of hydrogen-bond acceptors (Lipinski definition) is 3. The summed E-state index contributed by atoms with van der Waals surface area (Å²) in [6, 6.07) is 10.6. The fraction of sp³-hybridized carbons (Fsp3) is 0.0769. The van der Waals surface area contributed by atoms with Gasteiger partial charge in [-0.1, -0.05) is 28.1 Å². The van der Waals surface area contributed by atoms with E-state index in [0.29, 0.717) is 0 Å². The zero-order valence-corrected chi connectivity index (χ0v) is 11.3. The first-order valence-corrected chi connectivity index (χ1v) is 6.16. The van der Waals surface area contributed by atoms with Crippen molar-refractivity contribution in [2.24, 2.45) is 0 Å². The van der Waals surface area contributed by atoms with Crippen molar-refractivity contribution < 1.29 is 14.1 Å². The van der Waals surface area contributed by atoms with Crippen molar-refractivity contribution in [2.45, 2.75) is 6.61 Å². The van der Waals surface area contributed by atoms with Crippen molar-refractivity contribution in [3.8, 4) is 5.75 Å². The maximum atomic E-state index is 13.2. The maximum Gasteiger partial charge on any atom is 0.276 e. The lowest BCUT2D eigenvalue weighted by Crippen LogP contribution is -1.97. The summed E-state index contributed by atoms with van der Waals surface area (Å²) in [4.78, 5) is 9.94. The lowest BCUT2D eigenvalue weighted by atomic mass is 10.2. The zero-order valence-electron chi connectivity index (χ0n) is 9.68. The zero-order chi connectivity index (χ0) is 13.8. The molecule has 0 N–H and O–H groups in total. The number of halogens is 2. The van der Waals surface area contributed by atoms with Gasteiger partial charge in [-0.3, -0.25) is 10.1 Å². The Hall–Kier alpha value is -1.95. The minimum absolute atomic E-state index is 0.134. The van der Waals surface area contributed by atoms with E-state index in [2.05, 4.69) is 15.9 Å². The van der Waals surface area contributed by atoms with Crippen LogP contribution in [0, 0.1) is 15.9 Å². The molecule has 0 radical (unpaired) electrons. The summed E-state index contributed by atoms with van der Waals surface area (Å²) < 4.78 is 19.5. The van der Waals surface area contributed by atoms with Gasteiger partial charge in [-0.05, 0) is 17.7 Å². The predicted molar refractivity (Wildman–Crippen MR) is 71.5 cm³/mol. The third kappa shape index (κ3) is 3.75. The van der Waals surface area contributed by atoms with Gasteiger partial charge in [0.15, 0.2) is 0 Å². The van der Waals surface area contributed by atoms with Gasteiger partial charge in [0, 0.05) is 10.5 Å². The highest BCUT2D eigenvalue weighted by Crippen LogP contribution is 2.23. The molecule has 0 saturated heterocycles. The lowest BCUT2D eigenvalue weighted by molar-refractivity contribution is -0.385. The standard InChI is InChI=1S/C13H9BrFNO3/c14-10-3-1-9(2-4-10)8-19-13-6-11(15)5-12(7-13)16(17)18/h1-7H,8H2. The molecule has 0 fully saturated rings. The van der Waals surface area contributed by atoms with E-state index in [-0.39, 0.29) is 18.0 Å². The Morgan fingerprint density at radius 1 is 1.21 bits per heavy atom. The van der Waals surface area contributed by atoms with Gasteiger partial charge in [0.05, 0.1) is 17.1 Å². The summed E-state index contributed by atoms with van der Waals surface area (Å²) in [5.74, 6) is -0.561. The molecule has 0 amide bonds. The van der Waals surface area contributed by atoms with Gasteiger partial charge in [-0.2, -0.15) is 0 Å². The largest absolute Gasteiger partial charge is 0.489 e. The number of benzene rings is 2. The summed E-state index contributed by atoms with van der Waals surface area (Å²) in [5.41, 5.74) is 0.556. The molecule has 0 aliphatic carbocycles. The molecular weight excluding hydrogens is 317 g/mol. The average Bonchev–Trinajstić information content (AvgIpc) is 2.37. The van der Waals surface area contributed by atoms with Crippen LogP contribution in [-0.2, 0) is 6.61 Å². The Bertz CT molecular complexity index is 601. The van der Waals surface area contributed by atoms with Crippen molar-refractivity contribution in [2.75, 3.05) is 0 Å². The third-order valence-electron chi connectivity index (χ3n) is 2.39. The highest BCUT2D eigenvalue weighted by atomic mass is 79.9. The first kappa shape index (κ1) is 13.5. The Labute approximate surface area is 117 Å². The SMILES string of the molecule is O=[N+]([O-])c1cc(F)cc(OCc2ccc(Br)cc2)c1. The molecule has 4 nitrogen and oxygen atoms in total. The molecule has 0 aliphatic heterocycles. The Balaban J connectivity index is 2.11. The van der Waals surface area contributed by atoms with Crippen molar-refractivity contribution in [3.63, 3.8) is 0 Å². The Morgan fingerprint density at radius 2 is 1.89 bits per heavy atom. The van der Waals surface area contributed by atoms with Gasteiger partial charge in [0.1, 0.15) is 18.2 Å². The van der Waals surface area contributed by atoms with Crippen LogP contribution in [0.5, 0.6) is 5.75 Å². The first-order valence-electron chi connectivity index (χ1n) is 5.37. The normalized spacial score (nSPS) is 10.2. The molecule has 2 aromatic rings. The molecule has 0 bridgehead atoms. The highest BCUT2D eigenvalue weighted by molar-refractivity contribution is 9.10. The van der Waals surface area contributed by atoms with Crippen LogP contribution in [0.15, 0.2) is 46.9 Å². The van der Waals surface area contributed by atoms with Crippen molar-refractivity contribution >= 4 is 21.6 Å². The van der Waals surface area contributed by atoms with Crippen LogP contribution < -0.4 is 4.74 Å². The number of hydrogen-bond donors (Lipinski definition) is 0. The van der Waals surface area contributed by atoms with Crippen LogP contribution in [-0.4, -0.2) is 4.92 Å². The molecule has 0 saturated carbocycles. The fourth-order valence-electron chi connectivity index (χ4n) is 1.48. The van der Waals surface area contributed by atoms with Crippen LogP contribution in [0.2, 0.25) is 0 Å². The molecular formula is C13H9BrFNO3. The van der Waals surface area contributed by atoms with Gasteiger partial charge in [-0.25, -0.2) is 4.39 Å². The van der Waals surface area contributed by atoms with Crippen LogP contribution in [0.1, 0.15) is 5.56 Å². The van der Waals surface area contributed by atoms with Crippen molar-refractivity contribution in [1.82, 2.24) is 0 Å². The van der Waals surface area contributed by atoms with E-state index in [0.717, 1.165) is 22.2 Å². The fourth-order valence-corrected chi connectivity index (χ4v) is 1.75. The van der Waals surface area contributed by atoms with Crippen molar-refractivity contribution in [1.29, 1.82) is 0 Å². The smallest absolute Gasteiger partial charge is 0.276 e. The van der Waals surface area contributed by atoms with E-state index < -0.39 is 10.7 Å². The first-order chi connectivity index (χ1) is 9.04. The molecule has 0 unspecified atom stereocenters. The van der Waals surface area contributed by atoms with Gasteiger partial charge in [0.25, 0.3) is 5.69 Å². The van der Waals surface area contributed by atoms with Crippen molar-refractivity contribution in [3.05, 3.63) is 68.4 Å². The molecule has 0 aliphatic rings. The summed E-state index contributed by atoms with van der Waals surface area (Å²) in [6.45, 7) is 0.216. The highest BCUT2D eigenvalue weighted by Gasteiger charge is 2.10. The third-order valence-corrected chi connectivity index (χ3v) is 2.91. The van der Waals surface area contributed by atoms with E-state index in [1.54, 1.807) is 0 Å². The molecule has 2 rings (SSSR count). The van der Waals surface area contributed by atoms with E-state index in [1.165, 1.54) is 6.07 Å². The minimum Gasteiger partial charge on any atom is -0.489 e. The monoisotopic (exact) mass is 325 g/mol. The van der Waals surface area contributed by atoms with Crippen LogP contribution in [0.25, 0.3) is 0 Å². The summed E-state index contributed by atoms with van der Waals surface area (Å²) in [6.07, 6.45) is 0. The van der Waals surface area contributed by atoms with Gasteiger partial charge >= 0.3 is 0 Å². The second kappa shape index (κ2) is 5.79. The quantitative estimate of drug-likeness (QED) is 0.628. The van der Waals surface area contributed by atoms with Gasteiger partial charge in [-0.15, -0.1) is 0 Å². The number of nitrogens with zero attached hydrogens (tertiary/aromatic N) is 1. The van der Waals surface area contributed by atoms with Crippen LogP contribution in [0.3, 0.4) is 0 Å². The van der Waals surface area contributed by atoms with Gasteiger partial charge in [0.2, 0.25) is 0 Å². The lowest BCUT2D eigenvalue weighted by Gasteiger charge is -2.06. The molecule has 0 aromatic heterocycles. The maximum absolute atomic E-state index is 13.2. The van der Waals surface area contributed by atoms with E-state index >= 15 is 0 Å². The summed E-state index contributed by atoms with van der Waals surface area (Å²) in [5, 5.41) is 10.6. The Kier molecular flexibility index (Phi) is 4.11. The number of nitro groups is 1. The van der Waals surface area contributed by atoms with Crippen LogP contribution >= 0.6 is 15.9 Å². The van der Waals surface area contributed by atoms with Crippen LogP contribution in [0.4, 0.5) is 10.1 Å². The van der Waals surface area contributed by atoms with Gasteiger partial charge < -0.3 is 4.74 Å². The summed E-state index contributed by atoms with van der Waals surface area (Å²) in [7, 11) is 0. The molecule has 0 spiro atoms. The number of nitro benzene ring substituents is 1. The second-order valence-corrected chi connectivity index (χ2v) is 4.73. The average molecular weight is 326 g/mol. The minimum atomic E-state index is -0.694. The number of non-ortho nitro benzene ring substituents is 1. The topological polar surface area (TPSA) is 52.4 Å². The molecule has 6 heteroatoms. The molecule has 19 heavy (non-hydrogen) atoms. The summed E-state index contributed by atoms with van der Waals surface area (Å²) >= 11 is 3.31.